The van der Waals surface area contributed by atoms with Crippen LogP contribution in [0.5, 0.6) is 0 Å². The van der Waals surface area contributed by atoms with Crippen molar-refractivity contribution in [2.45, 2.75) is 19.9 Å². The third-order valence-corrected chi connectivity index (χ3v) is 4.25. The highest BCUT2D eigenvalue weighted by atomic mass is 35.5. The van der Waals surface area contributed by atoms with E-state index in [-0.39, 0.29) is 0 Å². The van der Waals surface area contributed by atoms with Gasteiger partial charge in [-0.05, 0) is 13.8 Å². The highest BCUT2D eigenvalue weighted by molar-refractivity contribution is 6.34. The van der Waals surface area contributed by atoms with Crippen LogP contribution in [0.2, 0.25) is 5.15 Å². The van der Waals surface area contributed by atoms with Crippen molar-refractivity contribution in [2.24, 2.45) is 0 Å². The predicted molar refractivity (Wildman–Crippen MR) is 83.5 cm³/mol. The third kappa shape index (κ3) is 2.45. The van der Waals surface area contributed by atoms with E-state index in [4.69, 9.17) is 11.6 Å². The van der Waals surface area contributed by atoms with Crippen LogP contribution in [0.3, 0.4) is 0 Å². The van der Waals surface area contributed by atoms with E-state index in [9.17, 15) is 0 Å². The molecule has 20 heavy (non-hydrogen) atoms. The van der Waals surface area contributed by atoms with E-state index in [1.54, 1.807) is 0 Å². The van der Waals surface area contributed by atoms with Crippen LogP contribution in [0.25, 0.3) is 10.8 Å². The van der Waals surface area contributed by atoms with Crippen LogP contribution in [0, 0.1) is 0 Å². The highest BCUT2D eigenvalue weighted by Crippen LogP contribution is 2.28. The zero-order valence-corrected chi connectivity index (χ0v) is 12.6. The van der Waals surface area contributed by atoms with Crippen molar-refractivity contribution in [3.05, 3.63) is 29.4 Å². The number of hydrogen-bond donors (Lipinski definition) is 0. The monoisotopic (exact) mass is 290 g/mol. The molecule has 1 saturated heterocycles. The van der Waals surface area contributed by atoms with Gasteiger partial charge in [-0.1, -0.05) is 35.9 Å². The number of halogens is 1. The molecule has 2 heterocycles. The van der Waals surface area contributed by atoms with Gasteiger partial charge in [-0.3, -0.25) is 4.90 Å². The first-order chi connectivity index (χ1) is 9.66. The average molecular weight is 291 g/mol. The summed E-state index contributed by atoms with van der Waals surface area (Å²) in [5.74, 6) is 0.952. The minimum Gasteiger partial charge on any atom is -0.352 e. The van der Waals surface area contributed by atoms with Crippen LogP contribution in [-0.2, 0) is 0 Å². The van der Waals surface area contributed by atoms with Gasteiger partial charge in [0.1, 0.15) is 0 Å². The second-order valence-corrected chi connectivity index (χ2v) is 5.83. The standard InChI is InChI=1S/C15H19ClN4/c1-11(2)19-7-9-20(10-8-19)15-13-6-4-3-5-12(13)14(16)17-18-15/h3-6,11H,7-10H2,1-2H3. The van der Waals surface area contributed by atoms with Gasteiger partial charge in [0.05, 0.1) is 0 Å². The van der Waals surface area contributed by atoms with E-state index < -0.39 is 0 Å². The van der Waals surface area contributed by atoms with Crippen molar-refractivity contribution < 1.29 is 0 Å². The van der Waals surface area contributed by atoms with E-state index >= 15 is 0 Å². The Morgan fingerprint density at radius 1 is 1.00 bits per heavy atom. The van der Waals surface area contributed by atoms with Crippen molar-refractivity contribution in [1.82, 2.24) is 15.1 Å². The molecule has 1 aliphatic rings. The molecular weight excluding hydrogens is 272 g/mol. The van der Waals surface area contributed by atoms with E-state index in [1.807, 2.05) is 18.2 Å². The number of anilines is 1. The minimum atomic E-state index is 0.477. The quantitative estimate of drug-likeness (QED) is 0.851. The molecule has 0 spiro atoms. The molecule has 2 aromatic rings. The van der Waals surface area contributed by atoms with Gasteiger partial charge in [0.2, 0.25) is 0 Å². The maximum atomic E-state index is 6.13. The summed E-state index contributed by atoms with van der Waals surface area (Å²) in [5, 5.41) is 11.0. The van der Waals surface area contributed by atoms with Gasteiger partial charge < -0.3 is 4.90 Å². The molecule has 1 fully saturated rings. The Morgan fingerprint density at radius 3 is 2.30 bits per heavy atom. The maximum absolute atomic E-state index is 6.13. The van der Waals surface area contributed by atoms with Crippen molar-refractivity contribution in [2.75, 3.05) is 31.1 Å². The fraction of sp³-hybridized carbons (Fsp3) is 0.467. The number of rotatable bonds is 2. The van der Waals surface area contributed by atoms with Crippen molar-refractivity contribution in [3.8, 4) is 0 Å². The molecule has 1 aliphatic heterocycles. The summed E-state index contributed by atoms with van der Waals surface area (Å²) < 4.78 is 0. The predicted octanol–water partition coefficient (Wildman–Crippen LogP) is 2.81. The summed E-state index contributed by atoms with van der Waals surface area (Å²) in [4.78, 5) is 4.80. The molecule has 106 valence electrons. The summed E-state index contributed by atoms with van der Waals surface area (Å²) in [5.41, 5.74) is 0. The van der Waals surface area contributed by atoms with Gasteiger partial charge in [-0.25, -0.2) is 0 Å². The Hall–Kier alpha value is -1.39. The first-order valence-electron chi connectivity index (χ1n) is 7.06. The zero-order chi connectivity index (χ0) is 14.1. The van der Waals surface area contributed by atoms with E-state index in [1.165, 1.54) is 0 Å². The molecule has 5 heteroatoms. The molecule has 1 aromatic heterocycles. The van der Waals surface area contributed by atoms with Crippen molar-refractivity contribution in [1.29, 1.82) is 0 Å². The largest absolute Gasteiger partial charge is 0.352 e. The molecule has 0 N–H and O–H groups in total. The van der Waals surface area contributed by atoms with Crippen LogP contribution < -0.4 is 4.90 Å². The molecule has 4 nitrogen and oxygen atoms in total. The van der Waals surface area contributed by atoms with E-state index in [2.05, 4.69) is 39.9 Å². The maximum Gasteiger partial charge on any atom is 0.159 e. The molecule has 0 amide bonds. The molecular formula is C15H19ClN4. The summed E-state index contributed by atoms with van der Waals surface area (Å²) in [6.45, 7) is 8.59. The fourth-order valence-corrected chi connectivity index (χ4v) is 2.94. The number of nitrogens with zero attached hydrogens (tertiary/aromatic N) is 4. The molecule has 0 atom stereocenters. The molecule has 0 radical (unpaired) electrons. The van der Waals surface area contributed by atoms with Crippen molar-refractivity contribution in [3.63, 3.8) is 0 Å². The number of benzene rings is 1. The number of piperazine rings is 1. The Balaban J connectivity index is 1.90. The summed E-state index contributed by atoms with van der Waals surface area (Å²) in [7, 11) is 0. The van der Waals surface area contributed by atoms with Gasteiger partial charge in [0, 0.05) is 43.0 Å². The van der Waals surface area contributed by atoms with Crippen LogP contribution in [-0.4, -0.2) is 47.3 Å². The van der Waals surface area contributed by atoms with E-state index in [0.29, 0.717) is 11.2 Å². The molecule has 1 aromatic carbocycles. The molecule has 0 saturated carbocycles. The van der Waals surface area contributed by atoms with Gasteiger partial charge in [-0.15, -0.1) is 10.2 Å². The second kappa shape index (κ2) is 5.54. The van der Waals surface area contributed by atoms with Gasteiger partial charge in [0.25, 0.3) is 0 Å². The Labute approximate surface area is 124 Å². The second-order valence-electron chi connectivity index (χ2n) is 5.48. The Bertz CT molecular complexity index is 606. The zero-order valence-electron chi connectivity index (χ0n) is 11.9. The first-order valence-corrected chi connectivity index (χ1v) is 7.44. The molecule has 0 unspecified atom stereocenters. The lowest BCUT2D eigenvalue weighted by atomic mass is 10.1. The van der Waals surface area contributed by atoms with Crippen LogP contribution in [0.1, 0.15) is 13.8 Å². The molecule has 3 rings (SSSR count). The molecule has 0 bridgehead atoms. The van der Waals surface area contributed by atoms with Gasteiger partial charge in [0.15, 0.2) is 11.0 Å². The number of hydrogen-bond acceptors (Lipinski definition) is 4. The summed E-state index contributed by atoms with van der Waals surface area (Å²) in [6.07, 6.45) is 0. The fourth-order valence-electron chi connectivity index (χ4n) is 2.74. The number of fused-ring (bicyclic) bond motifs is 1. The lowest BCUT2D eigenvalue weighted by Gasteiger charge is -2.37. The van der Waals surface area contributed by atoms with Gasteiger partial charge >= 0.3 is 0 Å². The smallest absolute Gasteiger partial charge is 0.159 e. The highest BCUT2D eigenvalue weighted by Gasteiger charge is 2.21. The molecule has 0 aliphatic carbocycles. The van der Waals surface area contributed by atoms with Crippen LogP contribution in [0.15, 0.2) is 24.3 Å². The SMILES string of the molecule is CC(C)N1CCN(c2nnc(Cl)c3ccccc23)CC1. The Morgan fingerprint density at radius 2 is 1.65 bits per heavy atom. The van der Waals surface area contributed by atoms with Crippen molar-refractivity contribution >= 4 is 28.2 Å². The van der Waals surface area contributed by atoms with Gasteiger partial charge in [-0.2, -0.15) is 0 Å². The topological polar surface area (TPSA) is 32.3 Å². The summed E-state index contributed by atoms with van der Waals surface area (Å²) in [6, 6.07) is 8.68. The Kier molecular flexibility index (Phi) is 3.76. The average Bonchev–Trinajstić information content (AvgIpc) is 2.48. The number of aromatic nitrogens is 2. The summed E-state index contributed by atoms with van der Waals surface area (Å²) >= 11 is 6.13. The van der Waals surface area contributed by atoms with E-state index in [0.717, 1.165) is 42.8 Å². The lowest BCUT2D eigenvalue weighted by Crippen LogP contribution is -2.49. The van der Waals surface area contributed by atoms with Crippen LogP contribution >= 0.6 is 11.6 Å². The third-order valence-electron chi connectivity index (χ3n) is 3.97. The normalized spacial score (nSPS) is 17.1. The minimum absolute atomic E-state index is 0.477. The lowest BCUT2D eigenvalue weighted by molar-refractivity contribution is 0.209. The first kappa shape index (κ1) is 13.6. The van der Waals surface area contributed by atoms with Crippen LogP contribution in [0.4, 0.5) is 5.82 Å².